The Morgan fingerprint density at radius 3 is 2.00 bits per heavy atom. The van der Waals surface area contributed by atoms with Gasteiger partial charge in [0.2, 0.25) is 0 Å². The Morgan fingerprint density at radius 1 is 0.950 bits per heavy atom. The van der Waals surface area contributed by atoms with Crippen LogP contribution in [0.3, 0.4) is 0 Å². The van der Waals surface area contributed by atoms with E-state index in [0.29, 0.717) is 17.8 Å². The van der Waals surface area contributed by atoms with Gasteiger partial charge in [-0.25, -0.2) is 0 Å². The highest BCUT2D eigenvalue weighted by Crippen LogP contribution is 2.39. The van der Waals surface area contributed by atoms with Crippen LogP contribution in [-0.2, 0) is 0 Å². The zero-order chi connectivity index (χ0) is 14.9. The van der Waals surface area contributed by atoms with Crippen LogP contribution in [0, 0.1) is 16.2 Å². The molecule has 0 radical (unpaired) electrons. The minimum Gasteiger partial charge on any atom is -0.401 e. The average molecular weight is 270 g/mol. The van der Waals surface area contributed by atoms with E-state index in [1.165, 1.54) is 0 Å². The molecule has 1 aromatic carbocycles. The third-order valence-electron chi connectivity index (χ3n) is 3.61. The van der Waals surface area contributed by atoms with Gasteiger partial charge in [-0.15, -0.1) is 0 Å². The summed E-state index contributed by atoms with van der Waals surface area (Å²) in [5.74, 6) is -0.445. The zero-order valence-electron chi connectivity index (χ0n) is 11.0. The number of nitrogens with two attached hydrogens (primary N) is 4. The zero-order valence-corrected chi connectivity index (χ0v) is 11.0. The van der Waals surface area contributed by atoms with E-state index in [1.807, 2.05) is 18.2 Å². The molecule has 0 fully saturated rings. The van der Waals surface area contributed by atoms with Gasteiger partial charge < -0.3 is 22.9 Å². The van der Waals surface area contributed by atoms with E-state index in [4.69, 9.17) is 33.8 Å². The quantitative estimate of drug-likeness (QED) is 0.273. The van der Waals surface area contributed by atoms with Crippen molar-refractivity contribution < 1.29 is 0 Å². The molecular formula is C14H18N6. The van der Waals surface area contributed by atoms with E-state index in [1.54, 1.807) is 18.2 Å². The van der Waals surface area contributed by atoms with Crippen molar-refractivity contribution in [3.05, 3.63) is 47.7 Å². The molecule has 0 atom stereocenters. The predicted octanol–water partition coefficient (Wildman–Crippen LogP) is 0.757. The second kappa shape index (κ2) is 4.73. The summed E-state index contributed by atoms with van der Waals surface area (Å²) >= 11 is 0. The number of allylic oxidation sites excluding steroid dienone is 3. The fourth-order valence-electron chi connectivity index (χ4n) is 2.32. The number of nitrogens with one attached hydrogen (secondary N) is 2. The standard InChI is InChI=1S/C14H18N6/c15-10-4-1-8(2-5-10)9-3-6-11(16)14(7-9,12(17)18)13(19)20/h1-6H,7,15-16H2,(H3,17,18)(H3,19,20). The van der Waals surface area contributed by atoms with E-state index in [9.17, 15) is 0 Å². The Labute approximate surface area is 117 Å². The summed E-state index contributed by atoms with van der Waals surface area (Å²) in [4.78, 5) is 0. The Balaban J connectivity index is 2.48. The van der Waals surface area contributed by atoms with Crippen LogP contribution in [-0.4, -0.2) is 11.7 Å². The van der Waals surface area contributed by atoms with Crippen LogP contribution in [0.4, 0.5) is 5.69 Å². The topological polar surface area (TPSA) is 152 Å². The molecule has 0 saturated heterocycles. The summed E-state index contributed by atoms with van der Waals surface area (Å²) in [5.41, 5.74) is 24.5. The average Bonchev–Trinajstić information content (AvgIpc) is 2.39. The molecule has 0 bridgehead atoms. The molecule has 0 unspecified atom stereocenters. The van der Waals surface area contributed by atoms with Gasteiger partial charge in [-0.05, 0) is 35.8 Å². The van der Waals surface area contributed by atoms with Gasteiger partial charge in [0, 0.05) is 11.4 Å². The lowest BCUT2D eigenvalue weighted by molar-refractivity contribution is 0.657. The van der Waals surface area contributed by atoms with Crippen LogP contribution in [0.25, 0.3) is 5.57 Å². The van der Waals surface area contributed by atoms with Crippen molar-refractivity contribution in [2.45, 2.75) is 6.42 Å². The summed E-state index contributed by atoms with van der Waals surface area (Å²) in [6.45, 7) is 0. The SMILES string of the molecule is N=C(N)C1(C(=N)N)CC(c2ccc(N)cc2)=CC=C1N. The van der Waals surface area contributed by atoms with Crippen LogP contribution in [0.15, 0.2) is 42.1 Å². The smallest absolute Gasteiger partial charge is 0.127 e. The molecule has 0 spiro atoms. The number of nitrogen functional groups attached to an aromatic ring is 1. The lowest BCUT2D eigenvalue weighted by Crippen LogP contribution is -2.51. The fourth-order valence-corrected chi connectivity index (χ4v) is 2.32. The van der Waals surface area contributed by atoms with E-state index in [0.717, 1.165) is 11.1 Å². The van der Waals surface area contributed by atoms with Crippen LogP contribution in [0.2, 0.25) is 0 Å². The van der Waals surface area contributed by atoms with E-state index in [-0.39, 0.29) is 11.7 Å². The van der Waals surface area contributed by atoms with Gasteiger partial charge in [0.1, 0.15) is 17.1 Å². The Hall–Kier alpha value is -2.76. The number of hydrogen-bond donors (Lipinski definition) is 6. The molecule has 0 aromatic heterocycles. The van der Waals surface area contributed by atoms with E-state index >= 15 is 0 Å². The monoisotopic (exact) mass is 270 g/mol. The van der Waals surface area contributed by atoms with Crippen molar-refractivity contribution in [3.63, 3.8) is 0 Å². The van der Waals surface area contributed by atoms with Gasteiger partial charge in [-0.1, -0.05) is 18.2 Å². The highest BCUT2D eigenvalue weighted by Gasteiger charge is 2.42. The molecule has 104 valence electrons. The first-order valence-electron chi connectivity index (χ1n) is 6.09. The van der Waals surface area contributed by atoms with Crippen LogP contribution in [0.1, 0.15) is 12.0 Å². The molecule has 0 heterocycles. The second-order valence-corrected chi connectivity index (χ2v) is 4.85. The Morgan fingerprint density at radius 2 is 1.50 bits per heavy atom. The van der Waals surface area contributed by atoms with Crippen molar-refractivity contribution in [1.82, 2.24) is 0 Å². The van der Waals surface area contributed by atoms with Gasteiger partial charge >= 0.3 is 0 Å². The van der Waals surface area contributed by atoms with Crippen LogP contribution < -0.4 is 22.9 Å². The summed E-state index contributed by atoms with van der Waals surface area (Å²) in [5, 5.41) is 15.5. The number of amidine groups is 2. The van der Waals surface area contributed by atoms with Gasteiger partial charge in [0.25, 0.3) is 0 Å². The van der Waals surface area contributed by atoms with Crippen molar-refractivity contribution in [1.29, 1.82) is 10.8 Å². The molecule has 1 aromatic rings. The number of hydrogen-bond acceptors (Lipinski definition) is 4. The lowest BCUT2D eigenvalue weighted by atomic mass is 9.72. The first kappa shape index (κ1) is 13.7. The molecule has 1 aliphatic rings. The molecule has 0 amide bonds. The first-order valence-corrected chi connectivity index (χ1v) is 6.09. The largest absolute Gasteiger partial charge is 0.401 e. The number of rotatable bonds is 3. The lowest BCUT2D eigenvalue weighted by Gasteiger charge is -2.35. The normalized spacial score (nSPS) is 21.8. The summed E-state index contributed by atoms with van der Waals surface area (Å²) in [6, 6.07) is 7.34. The third kappa shape index (κ3) is 2.01. The first-order chi connectivity index (χ1) is 9.37. The van der Waals surface area contributed by atoms with Crippen LogP contribution >= 0.6 is 0 Å². The van der Waals surface area contributed by atoms with Gasteiger partial charge in [-0.3, -0.25) is 10.8 Å². The molecule has 2 rings (SSSR count). The van der Waals surface area contributed by atoms with Gasteiger partial charge in [0.15, 0.2) is 0 Å². The molecule has 0 aliphatic heterocycles. The minimum absolute atomic E-state index is 0.222. The third-order valence-corrected chi connectivity index (χ3v) is 3.61. The number of anilines is 1. The highest BCUT2D eigenvalue weighted by molar-refractivity contribution is 6.11. The molecular weight excluding hydrogens is 252 g/mol. The van der Waals surface area contributed by atoms with Crippen molar-refractivity contribution in [2.24, 2.45) is 22.6 Å². The van der Waals surface area contributed by atoms with Gasteiger partial charge in [-0.2, -0.15) is 0 Å². The highest BCUT2D eigenvalue weighted by atomic mass is 14.9. The minimum atomic E-state index is -1.23. The Kier molecular flexibility index (Phi) is 3.23. The van der Waals surface area contributed by atoms with Crippen molar-refractivity contribution >= 4 is 22.9 Å². The summed E-state index contributed by atoms with van der Waals surface area (Å²) in [6.07, 6.45) is 3.80. The fraction of sp³-hybridized carbons (Fsp3) is 0.143. The predicted molar refractivity (Wildman–Crippen MR) is 82.0 cm³/mol. The van der Waals surface area contributed by atoms with Crippen molar-refractivity contribution in [3.8, 4) is 0 Å². The summed E-state index contributed by atoms with van der Waals surface area (Å²) < 4.78 is 0. The summed E-state index contributed by atoms with van der Waals surface area (Å²) in [7, 11) is 0. The molecule has 6 nitrogen and oxygen atoms in total. The number of benzene rings is 1. The van der Waals surface area contributed by atoms with Gasteiger partial charge in [0.05, 0.1) is 0 Å². The molecule has 20 heavy (non-hydrogen) atoms. The second-order valence-electron chi connectivity index (χ2n) is 4.85. The maximum Gasteiger partial charge on any atom is 0.127 e. The molecule has 6 heteroatoms. The van der Waals surface area contributed by atoms with Crippen molar-refractivity contribution in [2.75, 3.05) is 5.73 Å². The van der Waals surface area contributed by atoms with E-state index < -0.39 is 5.41 Å². The maximum atomic E-state index is 7.77. The maximum absolute atomic E-state index is 7.77. The molecule has 10 N–H and O–H groups in total. The molecule has 0 saturated carbocycles. The Bertz CT molecular complexity index is 610. The van der Waals surface area contributed by atoms with Crippen LogP contribution in [0.5, 0.6) is 0 Å². The molecule has 1 aliphatic carbocycles. The van der Waals surface area contributed by atoms with E-state index in [2.05, 4.69) is 0 Å².